The fraction of sp³-hybridized carbons (Fsp3) is 0.531. The minimum atomic E-state index is 0. The van der Waals surface area contributed by atoms with Crippen LogP contribution in [-0.2, 0) is 11.3 Å². The zero-order chi connectivity index (χ0) is 25.1. The molecule has 1 aromatic heterocycles. The summed E-state index contributed by atoms with van der Waals surface area (Å²) >= 11 is 3.87. The molecule has 2 saturated carbocycles. The van der Waals surface area contributed by atoms with Gasteiger partial charge in [-0.2, -0.15) is 0 Å². The van der Waals surface area contributed by atoms with Gasteiger partial charge in [-0.1, -0.05) is 61.2 Å². The second-order valence-electron chi connectivity index (χ2n) is 11.6. The van der Waals surface area contributed by atoms with E-state index >= 15 is 0 Å². The maximum Gasteiger partial charge on any atom is 0.134 e. The van der Waals surface area contributed by atoms with Gasteiger partial charge in [0.2, 0.25) is 0 Å². The van der Waals surface area contributed by atoms with E-state index in [1.165, 1.54) is 59.7 Å². The number of aryl methyl sites for hydroxylation is 1. The van der Waals surface area contributed by atoms with E-state index in [1.54, 1.807) is 0 Å². The quantitative estimate of drug-likeness (QED) is 0.287. The SMILES string of the molecule is Cc1cccc(C(CC(=O)CC2CCC(N)CC2)c2cn(CC3CCCCC3)c3c(Br)cccc23)c1.Cl. The number of fused-ring (bicyclic) bond motifs is 1. The number of aromatic nitrogens is 1. The molecule has 3 aromatic rings. The molecule has 1 unspecified atom stereocenters. The molecule has 0 aliphatic heterocycles. The maximum absolute atomic E-state index is 13.5. The van der Waals surface area contributed by atoms with Gasteiger partial charge in [0.15, 0.2) is 0 Å². The Labute approximate surface area is 237 Å². The highest BCUT2D eigenvalue weighted by molar-refractivity contribution is 9.10. The van der Waals surface area contributed by atoms with Crippen LogP contribution in [0.15, 0.2) is 53.1 Å². The third kappa shape index (κ3) is 6.88. The Balaban J connectivity index is 0.00000320. The molecule has 5 heteroatoms. The first-order chi connectivity index (χ1) is 17.5. The van der Waals surface area contributed by atoms with Gasteiger partial charge in [0.25, 0.3) is 0 Å². The van der Waals surface area contributed by atoms with Gasteiger partial charge in [0.1, 0.15) is 5.78 Å². The number of halogens is 2. The van der Waals surface area contributed by atoms with Gasteiger partial charge in [0.05, 0.1) is 5.52 Å². The summed E-state index contributed by atoms with van der Waals surface area (Å²) in [5.41, 5.74) is 11.2. The average Bonchev–Trinajstić information content (AvgIpc) is 3.24. The Morgan fingerprint density at radius 3 is 2.46 bits per heavy atom. The summed E-state index contributed by atoms with van der Waals surface area (Å²) < 4.78 is 3.63. The number of nitrogens with two attached hydrogens (primary N) is 1. The molecule has 2 N–H and O–H groups in total. The molecule has 2 aliphatic rings. The lowest BCUT2D eigenvalue weighted by molar-refractivity contribution is -0.120. The summed E-state index contributed by atoms with van der Waals surface area (Å²) in [4.78, 5) is 13.5. The minimum absolute atomic E-state index is 0. The van der Waals surface area contributed by atoms with Gasteiger partial charge in [0, 0.05) is 47.4 Å². The highest BCUT2D eigenvalue weighted by Gasteiger charge is 2.27. The van der Waals surface area contributed by atoms with Crippen LogP contribution >= 0.6 is 28.3 Å². The Kier molecular flexibility index (Phi) is 9.94. The number of hydrogen-bond donors (Lipinski definition) is 1. The largest absolute Gasteiger partial charge is 0.346 e. The second kappa shape index (κ2) is 13.0. The number of carbonyl (C=O) groups is 1. The zero-order valence-electron chi connectivity index (χ0n) is 22.1. The van der Waals surface area contributed by atoms with Crippen LogP contribution < -0.4 is 5.73 Å². The van der Waals surface area contributed by atoms with Crippen LogP contribution in [0.2, 0.25) is 0 Å². The van der Waals surface area contributed by atoms with Crippen molar-refractivity contribution in [1.29, 1.82) is 0 Å². The molecule has 0 spiro atoms. The van der Waals surface area contributed by atoms with Crippen molar-refractivity contribution in [3.8, 4) is 0 Å². The Morgan fingerprint density at radius 2 is 1.73 bits per heavy atom. The fourth-order valence-corrected chi connectivity index (χ4v) is 7.33. The molecule has 1 heterocycles. The number of Topliss-reactive ketones (excluding diaryl/α,β-unsaturated/α-hetero) is 1. The van der Waals surface area contributed by atoms with Gasteiger partial charge in [-0.15, -0.1) is 12.4 Å². The number of nitrogens with zero attached hydrogens (tertiary/aromatic N) is 1. The normalized spacial score (nSPS) is 21.5. The van der Waals surface area contributed by atoms with E-state index in [1.807, 2.05) is 0 Å². The van der Waals surface area contributed by atoms with Crippen LogP contribution in [0.1, 0.15) is 93.2 Å². The van der Waals surface area contributed by atoms with E-state index in [-0.39, 0.29) is 18.3 Å². The van der Waals surface area contributed by atoms with Crippen molar-refractivity contribution in [1.82, 2.24) is 4.57 Å². The number of rotatable bonds is 8. The standard InChI is InChI=1S/C32H41BrN2O.ClH/c1-22-7-5-10-25(17-22)29(19-27(36)18-23-13-15-26(34)16-14-23)30-21-35(20-24-8-3-2-4-9-24)32-28(30)11-6-12-31(32)33;/h5-7,10-12,17,21,23-24,26,29H,2-4,8-9,13-16,18-20,34H2,1H3;1H. The van der Waals surface area contributed by atoms with Crippen molar-refractivity contribution in [3.05, 3.63) is 69.8 Å². The van der Waals surface area contributed by atoms with E-state index in [0.717, 1.165) is 42.6 Å². The highest BCUT2D eigenvalue weighted by atomic mass is 79.9. The fourth-order valence-electron chi connectivity index (χ4n) is 6.73. The van der Waals surface area contributed by atoms with Gasteiger partial charge >= 0.3 is 0 Å². The second-order valence-corrected chi connectivity index (χ2v) is 12.4. The topological polar surface area (TPSA) is 48.0 Å². The molecule has 0 saturated heterocycles. The molecule has 3 nitrogen and oxygen atoms in total. The Morgan fingerprint density at radius 1 is 1.00 bits per heavy atom. The van der Waals surface area contributed by atoms with E-state index in [2.05, 4.69) is 76.1 Å². The summed E-state index contributed by atoms with van der Waals surface area (Å²) in [7, 11) is 0. The molecule has 200 valence electrons. The summed E-state index contributed by atoms with van der Waals surface area (Å²) in [5, 5.41) is 1.28. The molecule has 2 aromatic carbocycles. The van der Waals surface area contributed by atoms with Crippen molar-refractivity contribution >= 4 is 45.0 Å². The number of benzene rings is 2. The molecule has 0 radical (unpaired) electrons. The molecule has 5 rings (SSSR count). The van der Waals surface area contributed by atoms with Crippen LogP contribution in [0.25, 0.3) is 10.9 Å². The molecular weight excluding hydrogens is 544 g/mol. The van der Waals surface area contributed by atoms with Gasteiger partial charge in [-0.3, -0.25) is 4.79 Å². The summed E-state index contributed by atoms with van der Waals surface area (Å²) in [6.07, 6.45) is 14.7. The molecular formula is C32H42BrClN2O. The molecule has 2 fully saturated rings. The molecule has 2 aliphatic carbocycles. The van der Waals surface area contributed by atoms with Crippen LogP contribution in [0, 0.1) is 18.8 Å². The monoisotopic (exact) mass is 584 g/mol. The number of carbonyl (C=O) groups excluding carboxylic acids is 1. The number of ketones is 1. The van der Waals surface area contributed by atoms with E-state index in [9.17, 15) is 4.79 Å². The number of hydrogen-bond acceptors (Lipinski definition) is 2. The number of para-hydroxylation sites is 1. The average molecular weight is 586 g/mol. The Hall–Kier alpha value is -1.62. The molecule has 37 heavy (non-hydrogen) atoms. The van der Waals surface area contributed by atoms with Crippen LogP contribution in [0.5, 0.6) is 0 Å². The van der Waals surface area contributed by atoms with E-state index in [0.29, 0.717) is 30.6 Å². The third-order valence-electron chi connectivity index (χ3n) is 8.72. The predicted molar refractivity (Wildman–Crippen MR) is 161 cm³/mol. The van der Waals surface area contributed by atoms with Crippen LogP contribution in [-0.4, -0.2) is 16.4 Å². The lowest BCUT2D eigenvalue weighted by Crippen LogP contribution is -2.27. The molecule has 0 amide bonds. The smallest absolute Gasteiger partial charge is 0.134 e. The first kappa shape index (κ1) is 28.4. The maximum atomic E-state index is 13.5. The summed E-state index contributed by atoms with van der Waals surface area (Å²) in [6, 6.07) is 15.7. The lowest BCUT2D eigenvalue weighted by Gasteiger charge is -2.26. The van der Waals surface area contributed by atoms with Crippen molar-refractivity contribution < 1.29 is 4.79 Å². The summed E-state index contributed by atoms with van der Waals surface area (Å²) in [5.74, 6) is 1.71. The van der Waals surface area contributed by atoms with Crippen molar-refractivity contribution in [2.24, 2.45) is 17.6 Å². The lowest BCUT2D eigenvalue weighted by atomic mass is 9.80. The van der Waals surface area contributed by atoms with Crippen LogP contribution in [0.3, 0.4) is 0 Å². The highest BCUT2D eigenvalue weighted by Crippen LogP contribution is 2.39. The first-order valence-corrected chi connectivity index (χ1v) is 14.9. The van der Waals surface area contributed by atoms with Crippen molar-refractivity contribution in [2.75, 3.05) is 0 Å². The minimum Gasteiger partial charge on any atom is -0.346 e. The van der Waals surface area contributed by atoms with Gasteiger partial charge < -0.3 is 10.3 Å². The van der Waals surface area contributed by atoms with Crippen LogP contribution in [0.4, 0.5) is 0 Å². The Bertz CT molecular complexity index is 1190. The van der Waals surface area contributed by atoms with Gasteiger partial charge in [-0.05, 0) is 90.4 Å². The molecule has 0 bridgehead atoms. The predicted octanol–water partition coefficient (Wildman–Crippen LogP) is 8.71. The molecule has 1 atom stereocenters. The third-order valence-corrected chi connectivity index (χ3v) is 9.36. The summed E-state index contributed by atoms with van der Waals surface area (Å²) in [6.45, 7) is 3.21. The van der Waals surface area contributed by atoms with Crippen molar-refractivity contribution in [2.45, 2.75) is 96.1 Å². The zero-order valence-corrected chi connectivity index (χ0v) is 24.5. The first-order valence-electron chi connectivity index (χ1n) is 14.1. The van der Waals surface area contributed by atoms with Crippen molar-refractivity contribution in [3.63, 3.8) is 0 Å². The van der Waals surface area contributed by atoms with E-state index in [4.69, 9.17) is 5.73 Å². The van der Waals surface area contributed by atoms with Gasteiger partial charge in [-0.25, -0.2) is 0 Å². The van der Waals surface area contributed by atoms with E-state index < -0.39 is 0 Å².